The fourth-order valence-electron chi connectivity index (χ4n) is 1.34. The predicted molar refractivity (Wildman–Crippen MR) is 82.1 cm³/mol. The van der Waals surface area contributed by atoms with Crippen molar-refractivity contribution in [3.8, 4) is 5.75 Å². The second-order valence-electron chi connectivity index (χ2n) is 5.58. The van der Waals surface area contributed by atoms with Gasteiger partial charge in [0.05, 0.1) is 6.61 Å². The Morgan fingerprint density at radius 1 is 1.22 bits per heavy atom. The molecule has 0 aromatic heterocycles. The summed E-state index contributed by atoms with van der Waals surface area (Å²) in [6.07, 6.45) is 0. The van der Waals surface area contributed by atoms with E-state index in [1.807, 2.05) is 24.3 Å². The van der Waals surface area contributed by atoms with E-state index in [4.69, 9.17) is 4.74 Å². The largest absolute Gasteiger partial charge is 0.494 e. The first kappa shape index (κ1) is 15.3. The summed E-state index contributed by atoms with van der Waals surface area (Å²) in [5.41, 5.74) is 1.16. The third kappa shape index (κ3) is 6.86. The van der Waals surface area contributed by atoms with Gasteiger partial charge >= 0.3 is 0 Å². The molecule has 0 atom stereocenters. The van der Waals surface area contributed by atoms with Crippen LogP contribution in [0, 0.1) is 0 Å². The van der Waals surface area contributed by atoms with Gasteiger partial charge in [-0.15, -0.1) is 0 Å². The van der Waals surface area contributed by atoms with Crippen molar-refractivity contribution >= 4 is 25.0 Å². The lowest BCUT2D eigenvalue weighted by atomic mass is 10.2. The molecule has 0 saturated heterocycles. The van der Waals surface area contributed by atoms with Gasteiger partial charge in [0.1, 0.15) is 5.75 Å². The summed E-state index contributed by atoms with van der Waals surface area (Å²) < 4.78 is 5.72. The van der Waals surface area contributed by atoms with Crippen LogP contribution in [0.25, 0.3) is 0 Å². The zero-order chi connectivity index (χ0) is 13.6. The average Bonchev–Trinajstić information content (AvgIpc) is 2.26. The molecule has 0 N–H and O–H groups in total. The van der Waals surface area contributed by atoms with E-state index in [1.165, 1.54) is 17.8 Å². The normalized spacial score (nSPS) is 11.3. The standard InChI is InChI=1S/C14H22O2SSi/c1-12(15)17-11-13-5-7-14(8-6-13)16-9-10-18(2,3)4/h5-8H,9-11H2,1-4H3. The van der Waals surface area contributed by atoms with E-state index in [2.05, 4.69) is 19.6 Å². The zero-order valence-corrected chi connectivity index (χ0v) is 13.5. The third-order valence-corrected chi connectivity index (χ3v) is 5.07. The Balaban J connectivity index is 2.38. The molecule has 1 rings (SSSR count). The summed E-state index contributed by atoms with van der Waals surface area (Å²) >= 11 is 1.34. The highest BCUT2D eigenvalue weighted by molar-refractivity contribution is 8.12. The molecule has 0 aliphatic heterocycles. The van der Waals surface area contributed by atoms with Crippen LogP contribution in [0.4, 0.5) is 0 Å². The SMILES string of the molecule is CC(=O)SCc1ccc(OCC[Si](C)(C)C)cc1. The molecular weight excluding hydrogens is 260 g/mol. The van der Waals surface area contributed by atoms with Crippen LogP contribution < -0.4 is 4.74 Å². The third-order valence-electron chi connectivity index (χ3n) is 2.49. The molecule has 0 unspecified atom stereocenters. The molecule has 0 aliphatic rings. The fraction of sp³-hybridized carbons (Fsp3) is 0.500. The summed E-state index contributed by atoms with van der Waals surface area (Å²) in [7, 11) is -1.01. The molecular formula is C14H22O2SSi. The number of hydrogen-bond acceptors (Lipinski definition) is 3. The van der Waals surface area contributed by atoms with E-state index in [-0.39, 0.29) is 5.12 Å². The van der Waals surface area contributed by atoms with Crippen LogP contribution >= 0.6 is 11.8 Å². The molecule has 18 heavy (non-hydrogen) atoms. The predicted octanol–water partition coefficient (Wildman–Crippen LogP) is 4.18. The molecule has 1 aromatic rings. The molecule has 100 valence electrons. The van der Waals surface area contributed by atoms with E-state index in [0.717, 1.165) is 23.7 Å². The molecule has 4 heteroatoms. The van der Waals surface area contributed by atoms with Crippen LogP contribution in [-0.2, 0) is 10.5 Å². The van der Waals surface area contributed by atoms with E-state index < -0.39 is 8.07 Å². The summed E-state index contributed by atoms with van der Waals surface area (Å²) in [5.74, 6) is 1.66. The van der Waals surface area contributed by atoms with E-state index in [9.17, 15) is 4.79 Å². The molecule has 0 heterocycles. The van der Waals surface area contributed by atoms with Gasteiger partial charge < -0.3 is 4.74 Å². The lowest BCUT2D eigenvalue weighted by molar-refractivity contribution is -0.109. The first-order chi connectivity index (χ1) is 8.37. The van der Waals surface area contributed by atoms with Crippen LogP contribution in [0.15, 0.2) is 24.3 Å². The smallest absolute Gasteiger partial charge is 0.186 e. The molecule has 0 spiro atoms. The lowest BCUT2D eigenvalue weighted by Crippen LogP contribution is -2.22. The molecule has 1 aromatic carbocycles. The van der Waals surface area contributed by atoms with Gasteiger partial charge in [-0.1, -0.05) is 43.5 Å². The van der Waals surface area contributed by atoms with Crippen molar-refractivity contribution in [1.82, 2.24) is 0 Å². The van der Waals surface area contributed by atoms with E-state index >= 15 is 0 Å². The number of rotatable bonds is 6. The Bertz CT molecular complexity index is 382. The minimum atomic E-state index is -1.01. The topological polar surface area (TPSA) is 26.3 Å². The van der Waals surface area contributed by atoms with Crippen LogP contribution in [0.1, 0.15) is 12.5 Å². The van der Waals surface area contributed by atoms with Crippen molar-refractivity contribution in [3.63, 3.8) is 0 Å². The highest BCUT2D eigenvalue weighted by Crippen LogP contribution is 2.18. The number of ether oxygens (including phenoxy) is 1. The van der Waals surface area contributed by atoms with Crippen LogP contribution in [-0.4, -0.2) is 19.8 Å². The van der Waals surface area contributed by atoms with Gasteiger partial charge in [0.15, 0.2) is 5.12 Å². The lowest BCUT2D eigenvalue weighted by Gasteiger charge is -2.16. The Hall–Kier alpha value is -0.743. The van der Waals surface area contributed by atoms with Gasteiger partial charge in [-0.25, -0.2) is 0 Å². The minimum absolute atomic E-state index is 0.158. The van der Waals surface area contributed by atoms with Gasteiger partial charge in [0, 0.05) is 20.8 Å². The second kappa shape index (κ2) is 7.00. The van der Waals surface area contributed by atoms with Crippen LogP contribution in [0.2, 0.25) is 25.7 Å². The molecule has 0 bridgehead atoms. The molecule has 0 radical (unpaired) electrons. The number of carbonyl (C=O) groups is 1. The number of benzene rings is 1. The van der Waals surface area contributed by atoms with Crippen molar-refractivity contribution in [3.05, 3.63) is 29.8 Å². The monoisotopic (exact) mass is 282 g/mol. The Morgan fingerprint density at radius 2 is 1.83 bits per heavy atom. The summed E-state index contributed by atoms with van der Waals surface area (Å²) in [4.78, 5) is 10.9. The van der Waals surface area contributed by atoms with Gasteiger partial charge in [-0.2, -0.15) is 0 Å². The van der Waals surface area contributed by atoms with E-state index in [1.54, 1.807) is 6.92 Å². The molecule has 0 aliphatic carbocycles. The zero-order valence-electron chi connectivity index (χ0n) is 11.7. The molecule has 0 amide bonds. The maximum Gasteiger partial charge on any atom is 0.186 e. The maximum absolute atomic E-state index is 10.9. The van der Waals surface area contributed by atoms with E-state index in [0.29, 0.717) is 0 Å². The van der Waals surface area contributed by atoms with Gasteiger partial charge in [-0.3, -0.25) is 4.79 Å². The number of thioether (sulfide) groups is 1. The summed E-state index contributed by atoms with van der Waals surface area (Å²) in [5, 5.41) is 0.158. The van der Waals surface area contributed by atoms with Crippen molar-refractivity contribution in [2.75, 3.05) is 6.61 Å². The first-order valence-corrected chi connectivity index (χ1v) is 10.9. The first-order valence-electron chi connectivity index (χ1n) is 6.22. The highest BCUT2D eigenvalue weighted by atomic mass is 32.2. The highest BCUT2D eigenvalue weighted by Gasteiger charge is 2.12. The molecule has 2 nitrogen and oxygen atoms in total. The maximum atomic E-state index is 10.9. The second-order valence-corrected chi connectivity index (χ2v) is 12.4. The Labute approximate surface area is 115 Å². The van der Waals surface area contributed by atoms with Gasteiger partial charge in [-0.05, 0) is 23.7 Å². The Kier molecular flexibility index (Phi) is 5.95. The van der Waals surface area contributed by atoms with Crippen molar-refractivity contribution in [2.24, 2.45) is 0 Å². The van der Waals surface area contributed by atoms with Crippen molar-refractivity contribution in [1.29, 1.82) is 0 Å². The van der Waals surface area contributed by atoms with Gasteiger partial charge in [0.25, 0.3) is 0 Å². The van der Waals surface area contributed by atoms with Crippen molar-refractivity contribution in [2.45, 2.75) is 38.4 Å². The van der Waals surface area contributed by atoms with Crippen LogP contribution in [0.5, 0.6) is 5.75 Å². The van der Waals surface area contributed by atoms with Crippen LogP contribution in [0.3, 0.4) is 0 Å². The fourth-order valence-corrected chi connectivity index (χ4v) is 2.62. The minimum Gasteiger partial charge on any atom is -0.494 e. The average molecular weight is 282 g/mol. The van der Waals surface area contributed by atoms with Gasteiger partial charge in [0.2, 0.25) is 0 Å². The quantitative estimate of drug-likeness (QED) is 0.732. The summed E-state index contributed by atoms with van der Waals surface area (Å²) in [6, 6.07) is 9.20. The number of carbonyl (C=O) groups excluding carboxylic acids is 1. The van der Waals surface area contributed by atoms with Crippen molar-refractivity contribution < 1.29 is 9.53 Å². The molecule has 0 fully saturated rings. The Morgan fingerprint density at radius 3 is 2.33 bits per heavy atom. The molecule has 0 saturated carbocycles. The summed E-state index contributed by atoms with van der Waals surface area (Å²) in [6.45, 7) is 9.44. The number of hydrogen-bond donors (Lipinski definition) is 0.